The van der Waals surface area contributed by atoms with Gasteiger partial charge >= 0.3 is 5.97 Å². The molecule has 0 unspecified atom stereocenters. The molecule has 10 heteroatoms. The molecule has 0 aromatic heterocycles. The van der Waals surface area contributed by atoms with E-state index in [-0.39, 0.29) is 11.3 Å². The second-order valence-corrected chi connectivity index (χ2v) is 7.49. The van der Waals surface area contributed by atoms with Gasteiger partial charge in [0.15, 0.2) is 18.1 Å². The number of nitro benzene ring substituents is 1. The topological polar surface area (TPSA) is 120 Å². The summed E-state index contributed by atoms with van der Waals surface area (Å²) in [6.45, 7) is 2.03. The van der Waals surface area contributed by atoms with E-state index in [4.69, 9.17) is 14.2 Å². The minimum Gasteiger partial charge on any atom is -0.490 e. The number of nitrogens with one attached hydrogen (secondary N) is 1. The van der Waals surface area contributed by atoms with Crippen molar-refractivity contribution in [1.29, 1.82) is 0 Å². The van der Waals surface area contributed by atoms with Crippen LogP contribution >= 0.6 is 0 Å². The Bertz CT molecular complexity index is 1030. The van der Waals surface area contributed by atoms with Crippen LogP contribution < -0.4 is 19.7 Å². The van der Waals surface area contributed by atoms with Crippen LogP contribution in [0.2, 0.25) is 0 Å². The quantitative estimate of drug-likeness (QED) is 0.412. The van der Waals surface area contributed by atoms with Gasteiger partial charge < -0.3 is 24.4 Å². The van der Waals surface area contributed by atoms with Crippen molar-refractivity contribution in [1.82, 2.24) is 0 Å². The Kier molecular flexibility index (Phi) is 6.39. The first-order valence-electron chi connectivity index (χ1n) is 10.4. The molecule has 4 rings (SSSR count). The third-order valence-electron chi connectivity index (χ3n) is 5.22. The molecule has 0 spiro atoms. The fourth-order valence-electron chi connectivity index (χ4n) is 3.67. The van der Waals surface area contributed by atoms with Crippen LogP contribution in [0.3, 0.4) is 0 Å². The van der Waals surface area contributed by atoms with Crippen molar-refractivity contribution in [3.05, 3.63) is 52.1 Å². The van der Waals surface area contributed by atoms with Crippen molar-refractivity contribution in [2.45, 2.75) is 19.3 Å². The molecular formula is C22H23N3O7. The fourth-order valence-corrected chi connectivity index (χ4v) is 3.67. The zero-order valence-corrected chi connectivity index (χ0v) is 17.4. The molecule has 10 nitrogen and oxygen atoms in total. The van der Waals surface area contributed by atoms with E-state index in [1.807, 2.05) is 4.90 Å². The molecule has 2 aromatic rings. The molecule has 32 heavy (non-hydrogen) atoms. The number of hydrogen-bond donors (Lipinski definition) is 1. The Morgan fingerprint density at radius 1 is 1.03 bits per heavy atom. The first-order chi connectivity index (χ1) is 15.5. The molecule has 1 amide bonds. The summed E-state index contributed by atoms with van der Waals surface area (Å²) in [5.41, 5.74) is 0.818. The highest BCUT2D eigenvalue weighted by Gasteiger charge is 2.24. The van der Waals surface area contributed by atoms with Crippen LogP contribution in [0, 0.1) is 10.1 Å². The maximum absolute atomic E-state index is 12.4. The fraction of sp³-hybridized carbons (Fsp3) is 0.364. The van der Waals surface area contributed by atoms with Crippen LogP contribution in [0.25, 0.3) is 0 Å². The molecule has 2 aromatic carbocycles. The Labute approximate surface area is 184 Å². The average molecular weight is 441 g/mol. The van der Waals surface area contributed by atoms with Crippen molar-refractivity contribution >= 4 is 28.9 Å². The van der Waals surface area contributed by atoms with Gasteiger partial charge in [-0.25, -0.2) is 4.79 Å². The average Bonchev–Trinajstić information content (AvgIpc) is 3.22. The van der Waals surface area contributed by atoms with Crippen LogP contribution in [0.15, 0.2) is 36.4 Å². The predicted molar refractivity (Wildman–Crippen MR) is 116 cm³/mol. The maximum atomic E-state index is 12.4. The number of nitro groups is 1. The molecule has 1 saturated heterocycles. The molecule has 0 atom stereocenters. The third-order valence-corrected chi connectivity index (χ3v) is 5.22. The van der Waals surface area contributed by atoms with Crippen molar-refractivity contribution in [2.24, 2.45) is 0 Å². The number of benzene rings is 2. The molecule has 2 aliphatic rings. The van der Waals surface area contributed by atoms with Gasteiger partial charge in [0.1, 0.15) is 5.69 Å². The molecule has 1 fully saturated rings. The number of hydrogen-bond acceptors (Lipinski definition) is 8. The normalized spacial score (nSPS) is 15.1. The second kappa shape index (κ2) is 9.54. The zero-order chi connectivity index (χ0) is 22.5. The summed E-state index contributed by atoms with van der Waals surface area (Å²) in [4.78, 5) is 37.5. The zero-order valence-electron chi connectivity index (χ0n) is 17.4. The Morgan fingerprint density at radius 3 is 2.53 bits per heavy atom. The number of nitrogens with zero attached hydrogens (tertiary/aromatic N) is 2. The lowest BCUT2D eigenvalue weighted by Crippen LogP contribution is -2.21. The number of anilines is 2. The Morgan fingerprint density at radius 2 is 1.78 bits per heavy atom. The first-order valence-corrected chi connectivity index (χ1v) is 10.4. The van der Waals surface area contributed by atoms with E-state index in [1.54, 1.807) is 24.3 Å². The van der Waals surface area contributed by atoms with Crippen LogP contribution in [0.1, 0.15) is 29.6 Å². The lowest BCUT2D eigenvalue weighted by Gasteiger charge is -2.17. The minimum absolute atomic E-state index is 0.0167. The van der Waals surface area contributed by atoms with E-state index < -0.39 is 23.4 Å². The summed E-state index contributed by atoms with van der Waals surface area (Å²) in [5, 5.41) is 14.1. The van der Waals surface area contributed by atoms with Crippen molar-refractivity contribution < 1.29 is 28.7 Å². The van der Waals surface area contributed by atoms with Gasteiger partial charge in [0, 0.05) is 37.3 Å². The van der Waals surface area contributed by atoms with Gasteiger partial charge in [0.2, 0.25) is 0 Å². The van der Waals surface area contributed by atoms with E-state index in [1.165, 1.54) is 12.1 Å². The predicted octanol–water partition coefficient (Wildman–Crippen LogP) is 3.15. The lowest BCUT2D eigenvalue weighted by atomic mass is 10.1. The molecule has 0 saturated carbocycles. The highest BCUT2D eigenvalue weighted by atomic mass is 16.6. The summed E-state index contributed by atoms with van der Waals surface area (Å²) < 4.78 is 16.2. The van der Waals surface area contributed by atoms with Gasteiger partial charge in [-0.15, -0.1) is 0 Å². The van der Waals surface area contributed by atoms with Crippen LogP contribution in [0.5, 0.6) is 11.5 Å². The van der Waals surface area contributed by atoms with E-state index in [9.17, 15) is 19.7 Å². The van der Waals surface area contributed by atoms with E-state index >= 15 is 0 Å². The summed E-state index contributed by atoms with van der Waals surface area (Å²) in [6.07, 6.45) is 2.71. The van der Waals surface area contributed by atoms with Crippen molar-refractivity contribution in [3.8, 4) is 11.5 Å². The Balaban J connectivity index is 1.37. The van der Waals surface area contributed by atoms with Gasteiger partial charge in [0.25, 0.3) is 11.6 Å². The molecular weight excluding hydrogens is 418 g/mol. The summed E-state index contributed by atoms with van der Waals surface area (Å²) in [6, 6.07) is 9.22. The standard InChI is InChI=1S/C22H23N3O7/c26-21(23-16-5-7-19-20(13-16)31-11-3-10-30-19)14-32-22(27)15-4-6-17(18(12-15)25(28)29)24-8-1-2-9-24/h4-7,12-13H,1-3,8-11,14H2,(H,23,26). The number of rotatable bonds is 6. The van der Waals surface area contributed by atoms with Gasteiger partial charge in [-0.1, -0.05) is 0 Å². The summed E-state index contributed by atoms with van der Waals surface area (Å²) in [5.74, 6) is -0.223. The number of esters is 1. The number of carbonyl (C=O) groups excluding carboxylic acids is 2. The third kappa shape index (κ3) is 4.90. The van der Waals surface area contributed by atoms with Crippen LogP contribution in [-0.2, 0) is 9.53 Å². The van der Waals surface area contributed by atoms with Crippen molar-refractivity contribution in [2.75, 3.05) is 43.1 Å². The highest BCUT2D eigenvalue weighted by Crippen LogP contribution is 2.33. The second-order valence-electron chi connectivity index (χ2n) is 7.49. The van der Waals surface area contributed by atoms with E-state index in [0.29, 0.717) is 36.1 Å². The molecule has 0 aliphatic carbocycles. The number of carbonyl (C=O) groups is 2. The van der Waals surface area contributed by atoms with E-state index in [0.717, 1.165) is 32.4 Å². The Hall–Kier alpha value is -3.82. The molecule has 168 valence electrons. The highest BCUT2D eigenvalue weighted by molar-refractivity contribution is 5.96. The molecule has 0 radical (unpaired) electrons. The van der Waals surface area contributed by atoms with Crippen LogP contribution in [0.4, 0.5) is 17.1 Å². The molecule has 2 heterocycles. The maximum Gasteiger partial charge on any atom is 0.338 e. The first kappa shape index (κ1) is 21.4. The molecule has 1 N–H and O–H groups in total. The van der Waals surface area contributed by atoms with Gasteiger partial charge in [-0.2, -0.15) is 0 Å². The minimum atomic E-state index is -0.810. The SMILES string of the molecule is O=C(COC(=O)c1ccc(N2CCCC2)c([N+](=O)[O-])c1)Nc1ccc2c(c1)OCCCO2. The number of fused-ring (bicyclic) bond motifs is 1. The number of ether oxygens (including phenoxy) is 3. The van der Waals surface area contributed by atoms with Gasteiger partial charge in [-0.3, -0.25) is 14.9 Å². The van der Waals surface area contributed by atoms with E-state index in [2.05, 4.69) is 5.32 Å². The molecule has 0 bridgehead atoms. The summed E-state index contributed by atoms with van der Waals surface area (Å²) in [7, 11) is 0. The smallest absolute Gasteiger partial charge is 0.338 e. The largest absolute Gasteiger partial charge is 0.490 e. The summed E-state index contributed by atoms with van der Waals surface area (Å²) >= 11 is 0. The number of amides is 1. The van der Waals surface area contributed by atoms with Crippen LogP contribution in [-0.4, -0.2) is 49.7 Å². The monoisotopic (exact) mass is 441 g/mol. The lowest BCUT2D eigenvalue weighted by molar-refractivity contribution is -0.384. The van der Waals surface area contributed by atoms with Crippen molar-refractivity contribution in [3.63, 3.8) is 0 Å². The molecule has 2 aliphatic heterocycles. The van der Waals surface area contributed by atoms with Gasteiger partial charge in [-0.05, 0) is 37.1 Å². The van der Waals surface area contributed by atoms with Gasteiger partial charge in [0.05, 0.1) is 23.7 Å².